The van der Waals surface area contributed by atoms with Gasteiger partial charge in [0.15, 0.2) is 12.4 Å². The van der Waals surface area contributed by atoms with Gasteiger partial charge in [-0.2, -0.15) is 4.98 Å². The Morgan fingerprint density at radius 3 is 2.82 bits per heavy atom. The average molecular weight is 362 g/mol. The van der Waals surface area contributed by atoms with Gasteiger partial charge in [-0.25, -0.2) is 0 Å². The van der Waals surface area contributed by atoms with Crippen LogP contribution in [0.25, 0.3) is 0 Å². The third kappa shape index (κ3) is 3.29. The van der Waals surface area contributed by atoms with Gasteiger partial charge < -0.3 is 9.26 Å². The quantitative estimate of drug-likeness (QED) is 0.832. The summed E-state index contributed by atoms with van der Waals surface area (Å²) < 4.78 is 12.5. The first kappa shape index (κ1) is 12.6. The van der Waals surface area contributed by atoms with Crippen molar-refractivity contribution in [3.63, 3.8) is 0 Å². The van der Waals surface area contributed by atoms with Gasteiger partial charge in [-0.05, 0) is 34.1 Å². The van der Waals surface area contributed by atoms with Gasteiger partial charge >= 0.3 is 0 Å². The van der Waals surface area contributed by atoms with E-state index >= 15 is 0 Å². The van der Waals surface area contributed by atoms with Gasteiger partial charge in [0.1, 0.15) is 5.75 Å². The van der Waals surface area contributed by atoms with Crippen molar-refractivity contribution in [3.8, 4) is 5.75 Å². The minimum absolute atomic E-state index is 0.271. The van der Waals surface area contributed by atoms with Crippen LogP contribution >= 0.6 is 31.9 Å². The van der Waals surface area contributed by atoms with Crippen LogP contribution in [0.5, 0.6) is 5.75 Å². The van der Waals surface area contributed by atoms with Crippen molar-refractivity contribution in [1.82, 2.24) is 10.1 Å². The molecule has 1 aromatic carbocycles. The average Bonchev–Trinajstić information content (AvgIpc) is 2.76. The number of rotatable bonds is 4. The van der Waals surface area contributed by atoms with Gasteiger partial charge in [-0.3, -0.25) is 0 Å². The molecule has 0 aliphatic rings. The number of ether oxygens (including phenoxy) is 1. The lowest BCUT2D eigenvalue weighted by atomic mass is 10.3. The van der Waals surface area contributed by atoms with E-state index in [9.17, 15) is 0 Å². The van der Waals surface area contributed by atoms with Crippen LogP contribution in [0.3, 0.4) is 0 Å². The molecule has 0 amide bonds. The molecule has 1 aromatic heterocycles. The summed E-state index contributed by atoms with van der Waals surface area (Å²) in [6.45, 7) is 2.24. The highest BCUT2D eigenvalue weighted by Crippen LogP contribution is 2.28. The van der Waals surface area contributed by atoms with Crippen LogP contribution in [0.15, 0.2) is 31.7 Å². The zero-order valence-electron chi connectivity index (χ0n) is 9.11. The summed E-state index contributed by atoms with van der Waals surface area (Å²) in [7, 11) is 0. The molecule has 0 atom stereocenters. The largest absolute Gasteiger partial charge is 0.483 e. The molecule has 0 radical (unpaired) electrons. The Balaban J connectivity index is 2.02. The first-order valence-corrected chi connectivity index (χ1v) is 6.67. The van der Waals surface area contributed by atoms with Crippen LogP contribution < -0.4 is 4.74 Å². The Morgan fingerprint density at radius 2 is 2.18 bits per heavy atom. The predicted molar refractivity (Wildman–Crippen MR) is 69.9 cm³/mol. The Hall–Kier alpha value is -0.880. The summed E-state index contributed by atoms with van der Waals surface area (Å²) in [5, 5.41) is 3.80. The van der Waals surface area contributed by atoms with E-state index in [4.69, 9.17) is 9.26 Å². The fraction of sp³-hybridized carbons (Fsp3) is 0.273. The zero-order chi connectivity index (χ0) is 12.3. The fourth-order valence-electron chi connectivity index (χ4n) is 1.22. The lowest BCUT2D eigenvalue weighted by Gasteiger charge is -2.05. The molecule has 0 aliphatic heterocycles. The van der Waals surface area contributed by atoms with E-state index in [-0.39, 0.29) is 6.61 Å². The van der Waals surface area contributed by atoms with Crippen LogP contribution in [0, 0.1) is 0 Å². The maximum Gasteiger partial charge on any atom is 0.264 e. The summed E-state index contributed by atoms with van der Waals surface area (Å²) in [5.74, 6) is 1.92. The Bertz CT molecular complexity index is 514. The Labute approximate surface area is 116 Å². The highest BCUT2D eigenvalue weighted by atomic mass is 79.9. The fourth-order valence-corrected chi connectivity index (χ4v) is 2.39. The maximum atomic E-state index is 5.57. The summed E-state index contributed by atoms with van der Waals surface area (Å²) in [5.41, 5.74) is 0. The van der Waals surface area contributed by atoms with Crippen LogP contribution in [-0.4, -0.2) is 10.1 Å². The molecular formula is C11H10Br2N2O2. The van der Waals surface area contributed by atoms with Crippen LogP contribution in [0.1, 0.15) is 18.6 Å². The van der Waals surface area contributed by atoms with E-state index in [0.717, 1.165) is 21.1 Å². The topological polar surface area (TPSA) is 48.2 Å². The van der Waals surface area contributed by atoms with Gasteiger partial charge in [0, 0.05) is 10.9 Å². The molecule has 0 unspecified atom stereocenters. The van der Waals surface area contributed by atoms with E-state index in [1.165, 1.54) is 0 Å². The number of aromatic nitrogens is 2. The molecule has 2 aromatic rings. The molecule has 0 saturated heterocycles. The van der Waals surface area contributed by atoms with Crippen LogP contribution in [0.2, 0.25) is 0 Å². The molecular weight excluding hydrogens is 352 g/mol. The number of halogens is 2. The molecule has 0 spiro atoms. The van der Waals surface area contributed by atoms with E-state index < -0.39 is 0 Å². The van der Waals surface area contributed by atoms with E-state index in [1.54, 1.807) is 0 Å². The second-order valence-electron chi connectivity index (χ2n) is 3.32. The lowest BCUT2D eigenvalue weighted by Crippen LogP contribution is -1.96. The minimum Gasteiger partial charge on any atom is -0.483 e. The van der Waals surface area contributed by atoms with Crippen molar-refractivity contribution in [1.29, 1.82) is 0 Å². The first-order valence-electron chi connectivity index (χ1n) is 5.08. The van der Waals surface area contributed by atoms with Crippen molar-refractivity contribution in [3.05, 3.63) is 38.9 Å². The molecule has 0 fully saturated rings. The number of nitrogens with zero attached hydrogens (tertiary/aromatic N) is 2. The van der Waals surface area contributed by atoms with Gasteiger partial charge in [-0.15, -0.1) is 0 Å². The molecule has 90 valence electrons. The summed E-state index contributed by atoms with van der Waals surface area (Å²) >= 11 is 6.80. The van der Waals surface area contributed by atoms with Gasteiger partial charge in [0.2, 0.25) is 0 Å². The van der Waals surface area contributed by atoms with Gasteiger partial charge in [-0.1, -0.05) is 28.0 Å². The van der Waals surface area contributed by atoms with Crippen molar-refractivity contribution in [2.75, 3.05) is 0 Å². The molecule has 17 heavy (non-hydrogen) atoms. The Kier molecular flexibility index (Phi) is 4.17. The molecule has 1 heterocycles. The zero-order valence-corrected chi connectivity index (χ0v) is 12.3. The number of hydrogen-bond donors (Lipinski definition) is 0. The second-order valence-corrected chi connectivity index (χ2v) is 5.09. The van der Waals surface area contributed by atoms with Crippen molar-refractivity contribution in [2.45, 2.75) is 20.0 Å². The third-order valence-corrected chi connectivity index (χ3v) is 3.18. The van der Waals surface area contributed by atoms with Crippen molar-refractivity contribution < 1.29 is 9.26 Å². The smallest absolute Gasteiger partial charge is 0.264 e. The number of hydrogen-bond acceptors (Lipinski definition) is 4. The highest BCUT2D eigenvalue weighted by molar-refractivity contribution is 9.11. The van der Waals surface area contributed by atoms with Crippen LogP contribution in [-0.2, 0) is 13.0 Å². The number of aryl methyl sites for hydroxylation is 1. The Morgan fingerprint density at radius 1 is 1.35 bits per heavy atom. The number of benzene rings is 1. The molecule has 2 rings (SSSR count). The molecule has 0 bridgehead atoms. The monoisotopic (exact) mass is 360 g/mol. The van der Waals surface area contributed by atoms with E-state index in [0.29, 0.717) is 11.7 Å². The summed E-state index contributed by atoms with van der Waals surface area (Å²) in [4.78, 5) is 4.16. The first-order chi connectivity index (χ1) is 8.19. The predicted octanol–water partition coefficient (Wildman–Crippen LogP) is 3.74. The molecule has 0 aliphatic carbocycles. The van der Waals surface area contributed by atoms with E-state index in [2.05, 4.69) is 42.0 Å². The summed E-state index contributed by atoms with van der Waals surface area (Å²) in [6.07, 6.45) is 0.755. The minimum atomic E-state index is 0.271. The molecule has 0 saturated carbocycles. The SMILES string of the molecule is CCc1noc(COc2ccc(Br)cc2Br)n1. The summed E-state index contributed by atoms with van der Waals surface area (Å²) in [6, 6.07) is 5.69. The maximum absolute atomic E-state index is 5.57. The lowest BCUT2D eigenvalue weighted by molar-refractivity contribution is 0.241. The normalized spacial score (nSPS) is 10.5. The standard InChI is InChI=1S/C11H10Br2N2O2/c1-2-10-14-11(17-15-10)6-16-9-4-3-7(12)5-8(9)13/h3-5H,2,6H2,1H3. The molecule has 6 heteroatoms. The van der Waals surface area contributed by atoms with Crippen molar-refractivity contribution in [2.24, 2.45) is 0 Å². The van der Waals surface area contributed by atoms with Gasteiger partial charge in [0.25, 0.3) is 5.89 Å². The molecule has 4 nitrogen and oxygen atoms in total. The van der Waals surface area contributed by atoms with Gasteiger partial charge in [0.05, 0.1) is 4.47 Å². The van der Waals surface area contributed by atoms with E-state index in [1.807, 2.05) is 25.1 Å². The highest BCUT2D eigenvalue weighted by Gasteiger charge is 2.07. The van der Waals surface area contributed by atoms with Crippen molar-refractivity contribution >= 4 is 31.9 Å². The van der Waals surface area contributed by atoms with Crippen LogP contribution in [0.4, 0.5) is 0 Å². The third-order valence-electron chi connectivity index (χ3n) is 2.07. The molecule has 0 N–H and O–H groups in total. The second kappa shape index (κ2) is 5.64.